The molecule has 0 radical (unpaired) electrons. The minimum Gasteiger partial charge on any atom is -0.486 e. The normalized spacial score (nSPS) is 10.8. The Bertz CT molecular complexity index is 775. The molecule has 3 rings (SSSR count). The maximum Gasteiger partial charge on any atom is 0.258 e. The third kappa shape index (κ3) is 2.20. The molecule has 0 atom stereocenters. The Labute approximate surface area is 108 Å². The number of rotatable bonds is 3. The number of hydrogen-bond acceptors (Lipinski definition) is 4. The van der Waals surface area contributed by atoms with Crippen molar-refractivity contribution in [3.8, 4) is 5.75 Å². The SMILES string of the molecule is Cn1ccnc1COc1ccc2nc[nH]c(=O)c2c1. The maximum absolute atomic E-state index is 11.7. The van der Waals surface area contributed by atoms with Crippen molar-refractivity contribution in [2.24, 2.45) is 7.05 Å². The standard InChI is InChI=1S/C13H12N4O2/c1-17-5-4-14-12(17)7-19-9-2-3-11-10(6-9)13(18)16-8-15-11/h2-6,8H,7H2,1H3,(H,15,16,18). The first-order valence-electron chi connectivity index (χ1n) is 5.80. The zero-order valence-electron chi connectivity index (χ0n) is 10.3. The Morgan fingerprint density at radius 1 is 1.37 bits per heavy atom. The lowest BCUT2D eigenvalue weighted by molar-refractivity contribution is 0.292. The van der Waals surface area contributed by atoms with Crippen LogP contribution in [0.25, 0.3) is 10.9 Å². The van der Waals surface area contributed by atoms with Gasteiger partial charge in [-0.25, -0.2) is 9.97 Å². The van der Waals surface area contributed by atoms with E-state index in [4.69, 9.17) is 4.74 Å². The van der Waals surface area contributed by atoms with Crippen LogP contribution in [0.5, 0.6) is 5.75 Å². The second-order valence-corrected chi connectivity index (χ2v) is 4.15. The van der Waals surface area contributed by atoms with Gasteiger partial charge in [0.15, 0.2) is 0 Å². The van der Waals surface area contributed by atoms with E-state index in [1.54, 1.807) is 24.4 Å². The van der Waals surface area contributed by atoms with Crippen molar-refractivity contribution in [1.82, 2.24) is 19.5 Å². The summed E-state index contributed by atoms with van der Waals surface area (Å²) in [6, 6.07) is 5.24. The maximum atomic E-state index is 11.7. The fourth-order valence-electron chi connectivity index (χ4n) is 1.82. The third-order valence-electron chi connectivity index (χ3n) is 2.90. The molecule has 6 heteroatoms. The van der Waals surface area contributed by atoms with Gasteiger partial charge >= 0.3 is 0 Å². The molecule has 0 fully saturated rings. The molecule has 1 aromatic carbocycles. The summed E-state index contributed by atoms with van der Waals surface area (Å²) in [5, 5.41) is 0.514. The van der Waals surface area contributed by atoms with Gasteiger partial charge in [-0.2, -0.15) is 0 Å². The van der Waals surface area contributed by atoms with Crippen molar-refractivity contribution in [2.45, 2.75) is 6.61 Å². The van der Waals surface area contributed by atoms with E-state index in [9.17, 15) is 4.79 Å². The van der Waals surface area contributed by atoms with Gasteiger partial charge in [0, 0.05) is 19.4 Å². The van der Waals surface area contributed by atoms with Crippen LogP contribution in [0.1, 0.15) is 5.82 Å². The number of nitrogens with one attached hydrogen (secondary N) is 1. The summed E-state index contributed by atoms with van der Waals surface area (Å²) in [5.74, 6) is 1.44. The zero-order valence-corrected chi connectivity index (χ0v) is 10.3. The molecule has 3 aromatic rings. The van der Waals surface area contributed by atoms with E-state index in [1.165, 1.54) is 6.33 Å². The van der Waals surface area contributed by atoms with Crippen LogP contribution in [0.4, 0.5) is 0 Å². The molecular formula is C13H12N4O2. The van der Waals surface area contributed by atoms with Gasteiger partial charge in [0.25, 0.3) is 5.56 Å². The quantitative estimate of drug-likeness (QED) is 0.765. The van der Waals surface area contributed by atoms with Crippen LogP contribution >= 0.6 is 0 Å². The van der Waals surface area contributed by atoms with Gasteiger partial charge in [0.05, 0.1) is 17.2 Å². The van der Waals surface area contributed by atoms with E-state index in [0.717, 1.165) is 5.82 Å². The van der Waals surface area contributed by atoms with Crippen molar-refractivity contribution in [3.05, 3.63) is 53.1 Å². The Kier molecular flexibility index (Phi) is 2.75. The lowest BCUT2D eigenvalue weighted by Crippen LogP contribution is -2.07. The van der Waals surface area contributed by atoms with Crippen molar-refractivity contribution >= 4 is 10.9 Å². The van der Waals surface area contributed by atoms with E-state index in [0.29, 0.717) is 23.3 Å². The van der Waals surface area contributed by atoms with Gasteiger partial charge in [-0.1, -0.05) is 0 Å². The van der Waals surface area contributed by atoms with Gasteiger partial charge in [-0.05, 0) is 18.2 Å². The Balaban J connectivity index is 1.88. The summed E-state index contributed by atoms with van der Waals surface area (Å²) in [5.41, 5.74) is 0.473. The molecule has 96 valence electrons. The third-order valence-corrected chi connectivity index (χ3v) is 2.90. The summed E-state index contributed by atoms with van der Waals surface area (Å²) in [6.07, 6.45) is 4.96. The molecular weight excluding hydrogens is 244 g/mol. The highest BCUT2D eigenvalue weighted by Crippen LogP contribution is 2.17. The number of imidazole rings is 1. The highest BCUT2D eigenvalue weighted by atomic mass is 16.5. The van der Waals surface area contributed by atoms with E-state index < -0.39 is 0 Å². The highest BCUT2D eigenvalue weighted by Gasteiger charge is 2.04. The number of aromatic nitrogens is 4. The Morgan fingerprint density at radius 3 is 3.05 bits per heavy atom. The molecule has 6 nitrogen and oxygen atoms in total. The van der Waals surface area contributed by atoms with E-state index in [2.05, 4.69) is 15.0 Å². The molecule has 0 bridgehead atoms. The fraction of sp³-hybridized carbons (Fsp3) is 0.154. The van der Waals surface area contributed by atoms with Crippen LogP contribution in [0.15, 0.2) is 41.7 Å². The molecule has 0 saturated carbocycles. The first-order valence-corrected chi connectivity index (χ1v) is 5.80. The largest absolute Gasteiger partial charge is 0.486 e. The molecule has 2 aromatic heterocycles. The molecule has 0 saturated heterocycles. The van der Waals surface area contributed by atoms with Crippen LogP contribution in [0.2, 0.25) is 0 Å². The van der Waals surface area contributed by atoms with Gasteiger partial charge in [-0.15, -0.1) is 0 Å². The molecule has 19 heavy (non-hydrogen) atoms. The Hall–Kier alpha value is -2.63. The first-order chi connectivity index (χ1) is 9.24. The van der Waals surface area contributed by atoms with Crippen molar-refractivity contribution < 1.29 is 4.74 Å². The number of ether oxygens (including phenoxy) is 1. The number of hydrogen-bond donors (Lipinski definition) is 1. The van der Waals surface area contributed by atoms with Crippen LogP contribution in [0, 0.1) is 0 Å². The number of aryl methyl sites for hydroxylation is 1. The van der Waals surface area contributed by atoms with Crippen LogP contribution in [-0.4, -0.2) is 19.5 Å². The van der Waals surface area contributed by atoms with E-state index in [1.807, 2.05) is 17.8 Å². The summed E-state index contributed by atoms with van der Waals surface area (Å²) in [7, 11) is 1.90. The van der Waals surface area contributed by atoms with Gasteiger partial charge in [0.2, 0.25) is 0 Å². The minimum atomic E-state index is -0.174. The molecule has 0 aliphatic heterocycles. The lowest BCUT2D eigenvalue weighted by atomic mass is 10.2. The average molecular weight is 256 g/mol. The fourth-order valence-corrected chi connectivity index (χ4v) is 1.82. The van der Waals surface area contributed by atoms with Gasteiger partial charge < -0.3 is 14.3 Å². The molecule has 0 aliphatic carbocycles. The molecule has 0 spiro atoms. The van der Waals surface area contributed by atoms with E-state index in [-0.39, 0.29) is 5.56 Å². The molecule has 0 unspecified atom stereocenters. The van der Waals surface area contributed by atoms with Gasteiger partial charge in [0.1, 0.15) is 18.2 Å². The highest BCUT2D eigenvalue weighted by molar-refractivity contribution is 5.78. The van der Waals surface area contributed by atoms with Crippen LogP contribution < -0.4 is 10.3 Å². The number of fused-ring (bicyclic) bond motifs is 1. The smallest absolute Gasteiger partial charge is 0.258 e. The summed E-state index contributed by atoms with van der Waals surface area (Å²) in [4.78, 5) is 22.4. The second kappa shape index (κ2) is 4.56. The van der Waals surface area contributed by atoms with Crippen LogP contribution in [-0.2, 0) is 13.7 Å². The molecule has 0 amide bonds. The summed E-state index contributed by atoms with van der Waals surface area (Å²) < 4.78 is 7.51. The number of H-pyrrole nitrogens is 1. The average Bonchev–Trinajstić information content (AvgIpc) is 2.83. The predicted octanol–water partition coefficient (Wildman–Crippen LogP) is 1.24. The second-order valence-electron chi connectivity index (χ2n) is 4.15. The monoisotopic (exact) mass is 256 g/mol. The van der Waals surface area contributed by atoms with Crippen molar-refractivity contribution in [3.63, 3.8) is 0 Å². The van der Waals surface area contributed by atoms with Crippen molar-refractivity contribution in [2.75, 3.05) is 0 Å². The number of nitrogens with zero attached hydrogens (tertiary/aromatic N) is 3. The van der Waals surface area contributed by atoms with Crippen LogP contribution in [0.3, 0.4) is 0 Å². The Morgan fingerprint density at radius 2 is 2.26 bits per heavy atom. The topological polar surface area (TPSA) is 72.8 Å². The lowest BCUT2D eigenvalue weighted by Gasteiger charge is -2.06. The molecule has 2 heterocycles. The van der Waals surface area contributed by atoms with Gasteiger partial charge in [-0.3, -0.25) is 4.79 Å². The summed E-state index contributed by atoms with van der Waals surface area (Å²) >= 11 is 0. The van der Waals surface area contributed by atoms with E-state index >= 15 is 0 Å². The van der Waals surface area contributed by atoms with Crippen molar-refractivity contribution in [1.29, 1.82) is 0 Å². The number of benzene rings is 1. The summed E-state index contributed by atoms with van der Waals surface area (Å²) in [6.45, 7) is 0.354. The molecule has 1 N–H and O–H groups in total. The first kappa shape index (κ1) is 11.5. The predicted molar refractivity (Wildman–Crippen MR) is 69.9 cm³/mol. The molecule has 0 aliphatic rings. The zero-order chi connectivity index (χ0) is 13.2. The number of aromatic amines is 1. The minimum absolute atomic E-state index is 0.174.